The Hall–Kier alpha value is -2.46. The maximum atomic E-state index is 12.8. The van der Waals surface area contributed by atoms with E-state index in [0.29, 0.717) is 5.56 Å². The van der Waals surface area contributed by atoms with Crippen LogP contribution in [0.25, 0.3) is 0 Å². The van der Waals surface area contributed by atoms with Crippen molar-refractivity contribution >= 4 is 17.6 Å². The highest BCUT2D eigenvalue weighted by Crippen LogP contribution is 2.37. The molecule has 27 heavy (non-hydrogen) atoms. The molecular formula is C16H10ClF6NO3. The average Bonchev–Trinajstić information content (AvgIpc) is 2.56. The number of rotatable bonds is 5. The molecule has 0 bridgehead atoms. The van der Waals surface area contributed by atoms with Crippen molar-refractivity contribution < 1.29 is 40.7 Å². The van der Waals surface area contributed by atoms with Crippen LogP contribution in [0.15, 0.2) is 42.5 Å². The third-order valence-corrected chi connectivity index (χ3v) is 3.40. The maximum Gasteiger partial charge on any atom is 0.492 e. The van der Waals surface area contributed by atoms with Gasteiger partial charge in [0.15, 0.2) is 0 Å². The molecule has 2 aromatic rings. The summed E-state index contributed by atoms with van der Waals surface area (Å²) in [4.78, 5) is 14.3. The minimum Gasteiger partial charge on any atom is -0.457 e. The fourth-order valence-electron chi connectivity index (χ4n) is 1.84. The van der Waals surface area contributed by atoms with Crippen molar-refractivity contribution in [1.82, 2.24) is 5.48 Å². The number of alkyl halides is 6. The van der Waals surface area contributed by atoms with Crippen LogP contribution in [0.4, 0.5) is 26.3 Å². The zero-order valence-corrected chi connectivity index (χ0v) is 13.9. The highest BCUT2D eigenvalue weighted by atomic mass is 35.5. The minimum atomic E-state index is -5.11. The van der Waals surface area contributed by atoms with E-state index in [1.807, 2.05) is 5.48 Å². The van der Waals surface area contributed by atoms with Gasteiger partial charge in [-0.15, -0.1) is 5.48 Å². The van der Waals surface area contributed by atoms with E-state index in [0.717, 1.165) is 12.1 Å². The van der Waals surface area contributed by atoms with Crippen LogP contribution in [-0.4, -0.2) is 12.1 Å². The largest absolute Gasteiger partial charge is 0.492 e. The van der Waals surface area contributed by atoms with Crippen LogP contribution in [0.5, 0.6) is 11.5 Å². The first-order chi connectivity index (χ1) is 12.5. The first-order valence-electron chi connectivity index (χ1n) is 7.11. The van der Waals surface area contributed by atoms with Crippen molar-refractivity contribution in [3.8, 4) is 11.5 Å². The zero-order chi connectivity index (χ0) is 20.2. The molecule has 0 aliphatic heterocycles. The molecule has 4 nitrogen and oxygen atoms in total. The number of carbonyl (C=O) groups excluding carboxylic acids is 1. The lowest BCUT2D eigenvalue weighted by Gasteiger charge is -2.12. The van der Waals surface area contributed by atoms with Gasteiger partial charge in [-0.3, -0.25) is 0 Å². The molecule has 0 amide bonds. The Kier molecular flexibility index (Phi) is 6.22. The molecule has 0 heterocycles. The highest BCUT2D eigenvalue weighted by Gasteiger charge is 2.41. The molecule has 0 fully saturated rings. The summed E-state index contributed by atoms with van der Waals surface area (Å²) in [6.07, 6.45) is -9.75. The second kappa shape index (κ2) is 8.05. The zero-order valence-electron chi connectivity index (χ0n) is 13.1. The van der Waals surface area contributed by atoms with E-state index in [4.69, 9.17) is 16.3 Å². The van der Waals surface area contributed by atoms with Crippen molar-refractivity contribution in [3.05, 3.63) is 58.6 Å². The molecule has 11 heteroatoms. The van der Waals surface area contributed by atoms with Crippen LogP contribution in [0, 0.1) is 0 Å². The molecule has 0 spiro atoms. The SMILES string of the molecule is O=C(ONCc1ccc(Oc2ccc(Cl)c(C(F)(F)F)c2)cc1)C(F)(F)F. The maximum absolute atomic E-state index is 12.8. The summed E-state index contributed by atoms with van der Waals surface area (Å²) < 4.78 is 79.6. The lowest BCUT2D eigenvalue weighted by atomic mass is 10.2. The van der Waals surface area contributed by atoms with Crippen molar-refractivity contribution in [3.63, 3.8) is 0 Å². The number of benzene rings is 2. The summed E-state index contributed by atoms with van der Waals surface area (Å²) in [5.74, 6) is -2.30. The summed E-state index contributed by atoms with van der Waals surface area (Å²) in [6, 6.07) is 8.65. The van der Waals surface area contributed by atoms with Gasteiger partial charge in [0, 0.05) is 0 Å². The number of hydrogen-bond acceptors (Lipinski definition) is 4. The van der Waals surface area contributed by atoms with Crippen LogP contribution in [0.1, 0.15) is 11.1 Å². The summed E-state index contributed by atoms with van der Waals surface area (Å²) in [5.41, 5.74) is 1.24. The van der Waals surface area contributed by atoms with Gasteiger partial charge in [0.05, 0.1) is 17.1 Å². The van der Waals surface area contributed by atoms with Gasteiger partial charge in [-0.1, -0.05) is 23.7 Å². The second-order valence-corrected chi connectivity index (χ2v) is 5.50. The van der Waals surface area contributed by atoms with Gasteiger partial charge in [-0.25, -0.2) is 4.79 Å². The number of nitrogens with one attached hydrogen (secondary N) is 1. The van der Waals surface area contributed by atoms with E-state index in [-0.39, 0.29) is 18.0 Å². The predicted molar refractivity (Wildman–Crippen MR) is 82.0 cm³/mol. The van der Waals surface area contributed by atoms with Gasteiger partial charge in [0.2, 0.25) is 0 Å². The van der Waals surface area contributed by atoms with Crippen LogP contribution >= 0.6 is 11.6 Å². The molecule has 0 aromatic heterocycles. The predicted octanol–water partition coefficient (Wildman–Crippen LogP) is 5.26. The summed E-state index contributed by atoms with van der Waals surface area (Å²) in [5, 5.41) is -0.468. The van der Waals surface area contributed by atoms with E-state index >= 15 is 0 Å². The monoisotopic (exact) mass is 413 g/mol. The number of carbonyl (C=O) groups is 1. The molecule has 0 saturated heterocycles. The Morgan fingerprint density at radius 3 is 2.11 bits per heavy atom. The van der Waals surface area contributed by atoms with Gasteiger partial charge in [0.25, 0.3) is 0 Å². The molecule has 2 aromatic carbocycles. The molecule has 146 valence electrons. The summed E-state index contributed by atoms with van der Waals surface area (Å²) >= 11 is 5.51. The summed E-state index contributed by atoms with van der Waals surface area (Å²) in [7, 11) is 0. The normalized spacial score (nSPS) is 12.0. The van der Waals surface area contributed by atoms with Gasteiger partial charge in [0.1, 0.15) is 11.5 Å². The Labute approximate surface area is 153 Å². The van der Waals surface area contributed by atoms with Crippen molar-refractivity contribution in [2.24, 2.45) is 0 Å². The first kappa shape index (κ1) is 20.8. The van der Waals surface area contributed by atoms with E-state index < -0.39 is 28.9 Å². The highest BCUT2D eigenvalue weighted by molar-refractivity contribution is 6.31. The lowest BCUT2D eigenvalue weighted by molar-refractivity contribution is -0.207. The lowest BCUT2D eigenvalue weighted by Crippen LogP contribution is -2.31. The van der Waals surface area contributed by atoms with Gasteiger partial charge < -0.3 is 9.57 Å². The molecule has 0 unspecified atom stereocenters. The topological polar surface area (TPSA) is 47.6 Å². The molecule has 0 saturated carbocycles. The van der Waals surface area contributed by atoms with E-state index in [1.165, 1.54) is 30.3 Å². The summed E-state index contributed by atoms with van der Waals surface area (Å²) in [6.45, 7) is -0.221. The fourth-order valence-corrected chi connectivity index (χ4v) is 2.06. The third kappa shape index (κ3) is 6.04. The molecule has 2 rings (SSSR count). The molecule has 1 N–H and O–H groups in total. The number of halogens is 7. The van der Waals surface area contributed by atoms with Crippen LogP contribution in [-0.2, 0) is 22.4 Å². The molecular weight excluding hydrogens is 404 g/mol. The Balaban J connectivity index is 1.97. The third-order valence-electron chi connectivity index (χ3n) is 3.07. The molecule has 0 aliphatic rings. The Morgan fingerprint density at radius 2 is 1.56 bits per heavy atom. The van der Waals surface area contributed by atoms with Gasteiger partial charge >= 0.3 is 18.3 Å². The smallest absolute Gasteiger partial charge is 0.457 e. The standard InChI is InChI=1S/C16H10ClF6NO3/c17-13-6-5-11(7-12(13)15(18,19)20)26-10-3-1-9(2-4-10)8-24-27-14(25)16(21,22)23/h1-7,24H,8H2. The molecule has 0 radical (unpaired) electrons. The van der Waals surface area contributed by atoms with E-state index in [1.54, 1.807) is 0 Å². The van der Waals surface area contributed by atoms with Crippen LogP contribution in [0.2, 0.25) is 5.02 Å². The van der Waals surface area contributed by atoms with Crippen LogP contribution in [0.3, 0.4) is 0 Å². The van der Waals surface area contributed by atoms with Crippen molar-refractivity contribution in [1.29, 1.82) is 0 Å². The second-order valence-electron chi connectivity index (χ2n) is 5.09. The Bertz CT molecular complexity index is 805. The number of ether oxygens (including phenoxy) is 1. The van der Waals surface area contributed by atoms with Gasteiger partial charge in [-0.05, 0) is 35.9 Å². The fraction of sp³-hybridized carbons (Fsp3) is 0.188. The van der Waals surface area contributed by atoms with E-state index in [9.17, 15) is 31.1 Å². The minimum absolute atomic E-state index is 0.100. The number of hydroxylamine groups is 1. The van der Waals surface area contributed by atoms with Crippen molar-refractivity contribution in [2.45, 2.75) is 18.9 Å². The number of hydrogen-bond donors (Lipinski definition) is 1. The van der Waals surface area contributed by atoms with Crippen molar-refractivity contribution in [2.75, 3.05) is 0 Å². The molecule has 0 atom stereocenters. The van der Waals surface area contributed by atoms with E-state index in [2.05, 4.69) is 4.84 Å². The van der Waals surface area contributed by atoms with Crippen LogP contribution < -0.4 is 10.2 Å². The average molecular weight is 414 g/mol. The first-order valence-corrected chi connectivity index (χ1v) is 7.49. The Morgan fingerprint density at radius 1 is 0.963 bits per heavy atom. The quantitative estimate of drug-likeness (QED) is 0.536. The van der Waals surface area contributed by atoms with Gasteiger partial charge in [-0.2, -0.15) is 26.3 Å². The molecule has 0 aliphatic carbocycles.